The van der Waals surface area contributed by atoms with Crippen LogP contribution in [0.4, 0.5) is 0 Å². The highest BCUT2D eigenvalue weighted by atomic mass is 16.3. The van der Waals surface area contributed by atoms with Crippen molar-refractivity contribution in [2.45, 2.75) is 44.8 Å². The first kappa shape index (κ1) is 12.7. The molecule has 1 aromatic carbocycles. The summed E-state index contributed by atoms with van der Waals surface area (Å²) in [5.41, 5.74) is 6.89. The summed E-state index contributed by atoms with van der Waals surface area (Å²) in [6.45, 7) is 3.91. The minimum absolute atomic E-state index is 0.497. The van der Waals surface area contributed by atoms with Crippen LogP contribution < -0.4 is 5.73 Å². The van der Waals surface area contributed by atoms with E-state index in [1.165, 1.54) is 24.6 Å². The molecule has 2 aromatic rings. The van der Waals surface area contributed by atoms with Gasteiger partial charge in [0.2, 0.25) is 0 Å². The molecule has 19 heavy (non-hydrogen) atoms. The van der Waals surface area contributed by atoms with E-state index in [1.807, 2.05) is 18.2 Å². The van der Waals surface area contributed by atoms with E-state index >= 15 is 0 Å². The maximum atomic E-state index is 5.93. The quantitative estimate of drug-likeness (QED) is 0.919. The monoisotopic (exact) mass is 258 g/mol. The molecule has 0 aliphatic carbocycles. The number of hydrogen-bond acceptors (Lipinski definition) is 3. The number of nitrogens with two attached hydrogens (primary N) is 1. The normalized spacial score (nSPS) is 24.9. The zero-order valence-electron chi connectivity index (χ0n) is 11.5. The molecule has 1 saturated heterocycles. The second kappa shape index (κ2) is 5.35. The van der Waals surface area contributed by atoms with Gasteiger partial charge in [-0.05, 0) is 31.9 Å². The van der Waals surface area contributed by atoms with Crippen LogP contribution >= 0.6 is 0 Å². The van der Waals surface area contributed by atoms with Crippen LogP contribution in [0.3, 0.4) is 0 Å². The average Bonchev–Trinajstić information content (AvgIpc) is 2.83. The van der Waals surface area contributed by atoms with Gasteiger partial charge >= 0.3 is 0 Å². The van der Waals surface area contributed by atoms with Crippen molar-refractivity contribution in [1.82, 2.24) is 4.90 Å². The van der Waals surface area contributed by atoms with Gasteiger partial charge in [-0.15, -0.1) is 0 Å². The fourth-order valence-electron chi connectivity index (χ4n) is 3.17. The molecular weight excluding hydrogens is 236 g/mol. The van der Waals surface area contributed by atoms with Crippen molar-refractivity contribution in [3.63, 3.8) is 0 Å². The molecule has 3 nitrogen and oxygen atoms in total. The van der Waals surface area contributed by atoms with Crippen LogP contribution in [0, 0.1) is 0 Å². The van der Waals surface area contributed by atoms with Crippen molar-refractivity contribution >= 4 is 11.0 Å². The molecule has 2 heterocycles. The lowest BCUT2D eigenvalue weighted by Crippen LogP contribution is -2.48. The fraction of sp³-hybridized carbons (Fsp3) is 0.500. The van der Waals surface area contributed by atoms with E-state index in [1.54, 1.807) is 0 Å². The summed E-state index contributed by atoms with van der Waals surface area (Å²) in [6.07, 6.45) is 3.76. The smallest absolute Gasteiger partial charge is 0.134 e. The number of likely N-dealkylation sites (tertiary alicyclic amines) is 1. The topological polar surface area (TPSA) is 42.4 Å². The molecule has 0 spiro atoms. The van der Waals surface area contributed by atoms with Gasteiger partial charge in [0.15, 0.2) is 0 Å². The molecule has 3 heteroatoms. The largest absolute Gasteiger partial charge is 0.460 e. The van der Waals surface area contributed by atoms with E-state index in [-0.39, 0.29) is 0 Å². The Morgan fingerprint density at radius 1 is 1.32 bits per heavy atom. The molecule has 1 fully saturated rings. The van der Waals surface area contributed by atoms with Crippen LogP contribution in [0.5, 0.6) is 0 Å². The summed E-state index contributed by atoms with van der Waals surface area (Å²) in [5, 5.41) is 1.19. The standard InChI is InChI=1S/C16H22N2O/c1-12-5-4-7-14(10-17)18(12)11-15-9-13-6-2-3-8-16(13)19-15/h2-3,6,8-9,12,14H,4-5,7,10-11,17H2,1H3. The highest BCUT2D eigenvalue weighted by Gasteiger charge is 2.27. The summed E-state index contributed by atoms with van der Waals surface area (Å²) < 4.78 is 5.93. The Bertz CT molecular complexity index is 515. The lowest BCUT2D eigenvalue weighted by atomic mass is 9.96. The number of fused-ring (bicyclic) bond motifs is 1. The number of nitrogens with zero attached hydrogens (tertiary/aromatic N) is 1. The van der Waals surface area contributed by atoms with Crippen LogP contribution in [-0.2, 0) is 6.54 Å². The van der Waals surface area contributed by atoms with Crippen molar-refractivity contribution in [3.05, 3.63) is 36.1 Å². The third-order valence-electron chi connectivity index (χ3n) is 4.28. The molecule has 1 aromatic heterocycles. The molecule has 2 N–H and O–H groups in total. The zero-order valence-corrected chi connectivity index (χ0v) is 11.5. The summed E-state index contributed by atoms with van der Waals surface area (Å²) in [5.74, 6) is 1.05. The van der Waals surface area contributed by atoms with Crippen molar-refractivity contribution < 1.29 is 4.42 Å². The van der Waals surface area contributed by atoms with Gasteiger partial charge in [0.1, 0.15) is 11.3 Å². The number of piperidine rings is 1. The molecule has 1 aliphatic heterocycles. The van der Waals surface area contributed by atoms with Gasteiger partial charge in [-0.3, -0.25) is 4.90 Å². The van der Waals surface area contributed by atoms with Gasteiger partial charge < -0.3 is 10.2 Å². The second-order valence-electron chi connectivity index (χ2n) is 5.59. The van der Waals surface area contributed by atoms with Gasteiger partial charge in [0.05, 0.1) is 6.54 Å². The third-order valence-corrected chi connectivity index (χ3v) is 4.28. The Morgan fingerprint density at radius 3 is 2.95 bits per heavy atom. The Kier molecular flexibility index (Phi) is 3.58. The Balaban J connectivity index is 1.82. The first-order chi connectivity index (χ1) is 9.28. The van der Waals surface area contributed by atoms with Gasteiger partial charge in [0.25, 0.3) is 0 Å². The summed E-state index contributed by atoms with van der Waals surface area (Å²) in [4.78, 5) is 2.50. The molecular formula is C16H22N2O. The number of hydrogen-bond donors (Lipinski definition) is 1. The molecule has 3 rings (SSSR count). The van der Waals surface area contributed by atoms with Crippen LogP contribution in [-0.4, -0.2) is 23.5 Å². The molecule has 0 saturated carbocycles. The van der Waals surface area contributed by atoms with Crippen LogP contribution in [0.1, 0.15) is 31.9 Å². The first-order valence-electron chi connectivity index (χ1n) is 7.21. The van der Waals surface area contributed by atoms with Crippen LogP contribution in [0.25, 0.3) is 11.0 Å². The van der Waals surface area contributed by atoms with E-state index in [0.717, 1.165) is 24.4 Å². The second-order valence-corrected chi connectivity index (χ2v) is 5.59. The van der Waals surface area contributed by atoms with Crippen molar-refractivity contribution in [2.75, 3.05) is 6.54 Å². The van der Waals surface area contributed by atoms with Crippen LogP contribution in [0.2, 0.25) is 0 Å². The Hall–Kier alpha value is -1.32. The van der Waals surface area contributed by atoms with E-state index in [9.17, 15) is 0 Å². The zero-order chi connectivity index (χ0) is 13.2. The third kappa shape index (κ3) is 2.53. The SMILES string of the molecule is CC1CCCC(CN)N1Cc1cc2ccccc2o1. The van der Waals surface area contributed by atoms with Crippen molar-refractivity contribution in [2.24, 2.45) is 5.73 Å². The Morgan fingerprint density at radius 2 is 2.16 bits per heavy atom. The molecule has 0 bridgehead atoms. The number of rotatable bonds is 3. The summed E-state index contributed by atoms with van der Waals surface area (Å²) >= 11 is 0. The Labute approximate surface area is 114 Å². The number of para-hydroxylation sites is 1. The molecule has 2 atom stereocenters. The van der Waals surface area contributed by atoms with Gasteiger partial charge in [-0.25, -0.2) is 0 Å². The predicted octanol–water partition coefficient (Wildman–Crippen LogP) is 3.13. The molecule has 1 aliphatic rings. The van der Waals surface area contributed by atoms with E-state index in [4.69, 9.17) is 10.2 Å². The molecule has 2 unspecified atom stereocenters. The highest BCUT2D eigenvalue weighted by Crippen LogP contribution is 2.26. The van der Waals surface area contributed by atoms with E-state index < -0.39 is 0 Å². The minimum atomic E-state index is 0.497. The van der Waals surface area contributed by atoms with Gasteiger partial charge in [-0.2, -0.15) is 0 Å². The fourth-order valence-corrected chi connectivity index (χ4v) is 3.17. The maximum absolute atomic E-state index is 5.93. The molecule has 102 valence electrons. The van der Waals surface area contributed by atoms with E-state index in [2.05, 4.69) is 24.0 Å². The van der Waals surface area contributed by atoms with Gasteiger partial charge in [-0.1, -0.05) is 24.6 Å². The van der Waals surface area contributed by atoms with E-state index in [0.29, 0.717) is 12.1 Å². The highest BCUT2D eigenvalue weighted by molar-refractivity contribution is 5.77. The van der Waals surface area contributed by atoms with Crippen LogP contribution in [0.15, 0.2) is 34.7 Å². The predicted molar refractivity (Wildman–Crippen MR) is 77.9 cm³/mol. The average molecular weight is 258 g/mol. The minimum Gasteiger partial charge on any atom is -0.460 e. The summed E-state index contributed by atoms with van der Waals surface area (Å²) in [6, 6.07) is 11.4. The number of furan rings is 1. The molecule has 0 amide bonds. The maximum Gasteiger partial charge on any atom is 0.134 e. The lowest BCUT2D eigenvalue weighted by molar-refractivity contribution is 0.0821. The first-order valence-corrected chi connectivity index (χ1v) is 7.21. The van der Waals surface area contributed by atoms with Crippen molar-refractivity contribution in [3.8, 4) is 0 Å². The lowest BCUT2D eigenvalue weighted by Gasteiger charge is -2.39. The summed E-state index contributed by atoms with van der Waals surface area (Å²) in [7, 11) is 0. The number of benzene rings is 1. The van der Waals surface area contributed by atoms with Crippen molar-refractivity contribution in [1.29, 1.82) is 0 Å². The van der Waals surface area contributed by atoms with Gasteiger partial charge in [0, 0.05) is 24.0 Å². The molecule has 0 radical (unpaired) electrons.